The number of carbonyl (C=O) groups excluding carboxylic acids is 1. The Morgan fingerprint density at radius 3 is 2.80 bits per heavy atom. The van der Waals surface area contributed by atoms with E-state index in [0.29, 0.717) is 4.47 Å². The molecule has 0 saturated heterocycles. The van der Waals surface area contributed by atoms with Crippen molar-refractivity contribution in [1.82, 2.24) is 0 Å². The predicted molar refractivity (Wildman–Crippen MR) is 56.2 cm³/mol. The molecule has 0 aliphatic heterocycles. The summed E-state index contributed by atoms with van der Waals surface area (Å²) in [4.78, 5) is 11.0. The molecule has 1 aromatic rings. The second-order valence-corrected chi connectivity index (χ2v) is 3.77. The lowest BCUT2D eigenvalue weighted by Crippen LogP contribution is -2.25. The molecule has 0 bridgehead atoms. The topological polar surface area (TPSA) is 35.5 Å². The van der Waals surface area contributed by atoms with Crippen molar-refractivity contribution in [2.45, 2.75) is 13.0 Å². The van der Waals surface area contributed by atoms with E-state index in [1.165, 1.54) is 26.2 Å². The Balaban J connectivity index is 2.80. The number of halogens is 2. The molecule has 0 heterocycles. The Kier molecular flexibility index (Phi) is 4.08. The van der Waals surface area contributed by atoms with Crippen molar-refractivity contribution >= 4 is 21.9 Å². The molecule has 0 N–H and O–H groups in total. The van der Waals surface area contributed by atoms with Gasteiger partial charge in [-0.2, -0.15) is 0 Å². The van der Waals surface area contributed by atoms with E-state index in [0.717, 1.165) is 0 Å². The molecular formula is C10H10BrFO3. The molecule has 1 unspecified atom stereocenters. The van der Waals surface area contributed by atoms with Gasteiger partial charge in [0.2, 0.25) is 0 Å². The molecule has 5 heteroatoms. The summed E-state index contributed by atoms with van der Waals surface area (Å²) in [6.45, 7) is 1.49. The fraction of sp³-hybridized carbons (Fsp3) is 0.300. The molecule has 0 fully saturated rings. The van der Waals surface area contributed by atoms with Gasteiger partial charge in [-0.15, -0.1) is 0 Å². The van der Waals surface area contributed by atoms with E-state index in [1.807, 2.05) is 0 Å². The number of hydrogen-bond acceptors (Lipinski definition) is 3. The maximum absolute atomic E-state index is 13.2. The maximum Gasteiger partial charge on any atom is 0.346 e. The van der Waals surface area contributed by atoms with Gasteiger partial charge in [0.05, 0.1) is 7.11 Å². The fourth-order valence-corrected chi connectivity index (χ4v) is 1.31. The van der Waals surface area contributed by atoms with E-state index in [9.17, 15) is 9.18 Å². The lowest BCUT2D eigenvalue weighted by molar-refractivity contribution is -0.148. The lowest BCUT2D eigenvalue weighted by Gasteiger charge is -2.12. The van der Waals surface area contributed by atoms with Crippen LogP contribution in [0.25, 0.3) is 0 Å². The molecule has 82 valence electrons. The third-order valence-electron chi connectivity index (χ3n) is 1.73. The van der Waals surface area contributed by atoms with Crippen molar-refractivity contribution in [2.24, 2.45) is 0 Å². The van der Waals surface area contributed by atoms with Gasteiger partial charge in [-0.25, -0.2) is 9.18 Å². The average molecular weight is 277 g/mol. The highest BCUT2D eigenvalue weighted by Crippen LogP contribution is 2.23. The van der Waals surface area contributed by atoms with E-state index in [4.69, 9.17) is 4.74 Å². The van der Waals surface area contributed by atoms with Crippen molar-refractivity contribution < 1.29 is 18.7 Å². The van der Waals surface area contributed by atoms with E-state index < -0.39 is 17.9 Å². The number of ether oxygens (including phenoxy) is 2. The highest BCUT2D eigenvalue weighted by atomic mass is 79.9. The molecule has 0 aliphatic carbocycles. The molecular weight excluding hydrogens is 267 g/mol. The van der Waals surface area contributed by atoms with Crippen LogP contribution in [0.3, 0.4) is 0 Å². The van der Waals surface area contributed by atoms with Gasteiger partial charge in [0, 0.05) is 4.47 Å². The Morgan fingerprint density at radius 1 is 1.53 bits per heavy atom. The van der Waals surface area contributed by atoms with Gasteiger partial charge in [-0.3, -0.25) is 0 Å². The van der Waals surface area contributed by atoms with E-state index in [1.54, 1.807) is 6.07 Å². The Labute approximate surface area is 95.3 Å². The van der Waals surface area contributed by atoms with Crippen LogP contribution in [0, 0.1) is 5.82 Å². The first-order valence-corrected chi connectivity index (χ1v) is 5.03. The number of methoxy groups -OCH3 is 1. The standard InChI is InChI=1S/C10H10BrFO3/c1-6(10(13)14-2)15-9-5-7(11)3-4-8(9)12/h3-6H,1-2H3. The lowest BCUT2D eigenvalue weighted by atomic mass is 10.3. The summed E-state index contributed by atoms with van der Waals surface area (Å²) in [7, 11) is 1.25. The van der Waals surface area contributed by atoms with Crippen molar-refractivity contribution in [3.63, 3.8) is 0 Å². The number of hydrogen-bond donors (Lipinski definition) is 0. The molecule has 15 heavy (non-hydrogen) atoms. The molecule has 0 amide bonds. The summed E-state index contributed by atoms with van der Waals surface area (Å²) in [5.41, 5.74) is 0. The zero-order valence-electron chi connectivity index (χ0n) is 8.29. The zero-order valence-corrected chi connectivity index (χ0v) is 9.88. The molecule has 1 rings (SSSR count). The first kappa shape index (κ1) is 12.0. The molecule has 0 saturated carbocycles. The van der Waals surface area contributed by atoms with Crippen LogP contribution in [0.2, 0.25) is 0 Å². The van der Waals surface area contributed by atoms with Crippen LogP contribution in [0.4, 0.5) is 4.39 Å². The summed E-state index contributed by atoms with van der Waals surface area (Å²) < 4.78 is 23.4. The quantitative estimate of drug-likeness (QED) is 0.796. The van der Waals surface area contributed by atoms with Gasteiger partial charge in [0.25, 0.3) is 0 Å². The fourth-order valence-electron chi connectivity index (χ4n) is 0.972. The maximum atomic E-state index is 13.2. The summed E-state index contributed by atoms with van der Waals surface area (Å²) in [5, 5.41) is 0. The van der Waals surface area contributed by atoms with E-state index >= 15 is 0 Å². The number of benzene rings is 1. The monoisotopic (exact) mass is 276 g/mol. The molecule has 0 aromatic heterocycles. The van der Waals surface area contributed by atoms with Crippen LogP contribution in [0.1, 0.15) is 6.92 Å². The van der Waals surface area contributed by atoms with Gasteiger partial charge in [-0.1, -0.05) is 15.9 Å². The van der Waals surface area contributed by atoms with E-state index in [-0.39, 0.29) is 5.75 Å². The second-order valence-electron chi connectivity index (χ2n) is 2.86. The summed E-state index contributed by atoms with van der Waals surface area (Å²) >= 11 is 3.18. The number of carbonyl (C=O) groups is 1. The Morgan fingerprint density at radius 2 is 2.20 bits per heavy atom. The SMILES string of the molecule is COC(=O)C(C)Oc1cc(Br)ccc1F. The molecule has 0 aliphatic rings. The van der Waals surface area contributed by atoms with Crippen LogP contribution in [0.5, 0.6) is 5.75 Å². The van der Waals surface area contributed by atoms with Gasteiger partial charge in [0.1, 0.15) is 0 Å². The van der Waals surface area contributed by atoms with Crippen LogP contribution >= 0.6 is 15.9 Å². The third kappa shape index (κ3) is 3.20. The first-order chi connectivity index (χ1) is 7.04. The van der Waals surface area contributed by atoms with Crippen molar-refractivity contribution in [2.75, 3.05) is 7.11 Å². The summed E-state index contributed by atoms with van der Waals surface area (Å²) in [6.07, 6.45) is -0.834. The molecule has 1 atom stereocenters. The van der Waals surface area contributed by atoms with E-state index in [2.05, 4.69) is 20.7 Å². The normalized spacial score (nSPS) is 12.0. The minimum atomic E-state index is -0.834. The van der Waals surface area contributed by atoms with Crippen LogP contribution in [-0.4, -0.2) is 19.2 Å². The molecule has 1 aromatic carbocycles. The summed E-state index contributed by atoms with van der Waals surface area (Å²) in [6, 6.07) is 4.25. The minimum Gasteiger partial charge on any atom is -0.476 e. The molecule has 0 radical (unpaired) electrons. The molecule has 3 nitrogen and oxygen atoms in total. The highest BCUT2D eigenvalue weighted by Gasteiger charge is 2.16. The van der Waals surface area contributed by atoms with Gasteiger partial charge in [-0.05, 0) is 25.1 Å². The van der Waals surface area contributed by atoms with Crippen LogP contribution in [0.15, 0.2) is 22.7 Å². The van der Waals surface area contributed by atoms with Gasteiger partial charge < -0.3 is 9.47 Å². The first-order valence-electron chi connectivity index (χ1n) is 4.24. The largest absolute Gasteiger partial charge is 0.476 e. The van der Waals surface area contributed by atoms with Gasteiger partial charge >= 0.3 is 5.97 Å². The number of esters is 1. The minimum absolute atomic E-state index is 0.0160. The van der Waals surface area contributed by atoms with Crippen molar-refractivity contribution in [3.8, 4) is 5.75 Å². The second kappa shape index (κ2) is 5.11. The molecule has 0 spiro atoms. The third-order valence-corrected chi connectivity index (χ3v) is 2.22. The summed E-state index contributed by atoms with van der Waals surface area (Å²) in [5.74, 6) is -1.05. The number of rotatable bonds is 3. The predicted octanol–water partition coefficient (Wildman–Crippen LogP) is 2.53. The average Bonchev–Trinajstić information content (AvgIpc) is 2.22. The van der Waals surface area contributed by atoms with Crippen LogP contribution in [-0.2, 0) is 9.53 Å². The zero-order chi connectivity index (χ0) is 11.4. The smallest absolute Gasteiger partial charge is 0.346 e. The Hall–Kier alpha value is -1.10. The van der Waals surface area contributed by atoms with Crippen molar-refractivity contribution in [1.29, 1.82) is 0 Å². The highest BCUT2D eigenvalue weighted by molar-refractivity contribution is 9.10. The van der Waals surface area contributed by atoms with Gasteiger partial charge in [0.15, 0.2) is 17.7 Å². The van der Waals surface area contributed by atoms with Crippen LogP contribution < -0.4 is 4.74 Å². The van der Waals surface area contributed by atoms with Crippen molar-refractivity contribution in [3.05, 3.63) is 28.5 Å². The Bertz CT molecular complexity index is 368.